The van der Waals surface area contributed by atoms with Crippen molar-refractivity contribution in [2.24, 2.45) is 7.05 Å². The molecule has 2 atom stereocenters. The van der Waals surface area contributed by atoms with E-state index < -0.39 is 12.2 Å². The molecule has 0 aromatic carbocycles. The lowest BCUT2D eigenvalue weighted by molar-refractivity contribution is -0.119. The van der Waals surface area contributed by atoms with Crippen LogP contribution in [0, 0.1) is 0 Å². The Hall–Kier alpha value is -1.40. The second-order valence-corrected chi connectivity index (χ2v) is 3.38. The minimum absolute atomic E-state index is 0.0156. The Bertz CT molecular complexity index is 337. The van der Waals surface area contributed by atoms with Crippen LogP contribution >= 0.6 is 0 Å². The predicted molar refractivity (Wildman–Crippen MR) is 52.9 cm³/mol. The van der Waals surface area contributed by atoms with Crippen molar-refractivity contribution >= 4 is 5.91 Å². The van der Waals surface area contributed by atoms with Crippen LogP contribution in [0.5, 0.6) is 0 Å². The number of aromatic nitrogens is 2. The van der Waals surface area contributed by atoms with Crippen molar-refractivity contribution in [1.29, 1.82) is 0 Å². The van der Waals surface area contributed by atoms with Crippen molar-refractivity contribution in [1.82, 2.24) is 14.9 Å². The molecule has 84 valence electrons. The quantitative estimate of drug-likeness (QED) is 0.595. The molecule has 0 saturated heterocycles. The minimum Gasteiger partial charge on any atom is -0.388 e. The molecule has 0 saturated carbocycles. The van der Waals surface area contributed by atoms with E-state index in [1.54, 1.807) is 11.6 Å². The molecule has 15 heavy (non-hydrogen) atoms. The first-order valence-electron chi connectivity index (χ1n) is 4.59. The Balaban J connectivity index is 2.57. The Morgan fingerprint density at radius 2 is 2.33 bits per heavy atom. The molecule has 0 aliphatic heterocycles. The Kier molecular flexibility index (Phi) is 3.81. The summed E-state index contributed by atoms with van der Waals surface area (Å²) in [6.45, 7) is 1.37. The van der Waals surface area contributed by atoms with Crippen molar-refractivity contribution in [3.63, 3.8) is 0 Å². The van der Waals surface area contributed by atoms with Crippen LogP contribution in [-0.4, -0.2) is 38.3 Å². The minimum atomic E-state index is -1.05. The zero-order valence-corrected chi connectivity index (χ0v) is 8.71. The molecule has 0 radical (unpaired) electrons. The van der Waals surface area contributed by atoms with Gasteiger partial charge in [0.15, 0.2) is 0 Å². The SMILES string of the molecule is CC(=O)NCC(O)C(O)c1cncn1C. The van der Waals surface area contributed by atoms with E-state index in [0.717, 1.165) is 0 Å². The second-order valence-electron chi connectivity index (χ2n) is 3.38. The van der Waals surface area contributed by atoms with Gasteiger partial charge in [0.2, 0.25) is 5.91 Å². The molecule has 3 N–H and O–H groups in total. The number of imidazole rings is 1. The van der Waals surface area contributed by atoms with Gasteiger partial charge in [0.05, 0.1) is 18.2 Å². The van der Waals surface area contributed by atoms with E-state index in [1.165, 1.54) is 19.4 Å². The van der Waals surface area contributed by atoms with Crippen LogP contribution in [0.2, 0.25) is 0 Å². The number of carbonyl (C=O) groups is 1. The van der Waals surface area contributed by atoms with Crippen molar-refractivity contribution in [3.05, 3.63) is 18.2 Å². The molecule has 2 unspecified atom stereocenters. The summed E-state index contributed by atoms with van der Waals surface area (Å²) < 4.78 is 1.61. The molecule has 0 bridgehead atoms. The standard InChI is InChI=1S/C9H15N3O3/c1-6(13)11-4-8(14)9(15)7-3-10-5-12(7)2/h3,5,8-9,14-15H,4H2,1-2H3,(H,11,13). The summed E-state index contributed by atoms with van der Waals surface area (Å²) in [5.41, 5.74) is 0.507. The lowest BCUT2D eigenvalue weighted by Gasteiger charge is -2.18. The number of aliphatic hydroxyl groups excluding tert-OH is 2. The van der Waals surface area contributed by atoms with Crippen molar-refractivity contribution in [2.45, 2.75) is 19.1 Å². The van der Waals surface area contributed by atoms with Crippen LogP contribution in [0.4, 0.5) is 0 Å². The van der Waals surface area contributed by atoms with Crippen molar-refractivity contribution in [3.8, 4) is 0 Å². The molecule has 1 heterocycles. The number of nitrogens with one attached hydrogen (secondary N) is 1. The fourth-order valence-corrected chi connectivity index (χ4v) is 1.21. The van der Waals surface area contributed by atoms with Crippen LogP contribution < -0.4 is 5.32 Å². The van der Waals surface area contributed by atoms with Gasteiger partial charge >= 0.3 is 0 Å². The summed E-state index contributed by atoms with van der Waals surface area (Å²) in [5.74, 6) is -0.244. The van der Waals surface area contributed by atoms with Crippen LogP contribution in [-0.2, 0) is 11.8 Å². The summed E-state index contributed by atoms with van der Waals surface area (Å²) in [6, 6.07) is 0. The topological polar surface area (TPSA) is 87.4 Å². The predicted octanol–water partition coefficient (Wildman–Crippen LogP) is -1.05. The third-order valence-corrected chi connectivity index (χ3v) is 2.08. The zero-order valence-electron chi connectivity index (χ0n) is 8.71. The highest BCUT2D eigenvalue weighted by Gasteiger charge is 2.20. The van der Waals surface area contributed by atoms with Gasteiger partial charge < -0.3 is 20.1 Å². The number of carbonyl (C=O) groups excluding carboxylic acids is 1. The summed E-state index contributed by atoms with van der Waals surface area (Å²) >= 11 is 0. The molecule has 0 spiro atoms. The molecule has 6 heteroatoms. The molecular weight excluding hydrogens is 198 g/mol. The summed E-state index contributed by atoms with van der Waals surface area (Å²) in [4.78, 5) is 14.4. The monoisotopic (exact) mass is 213 g/mol. The highest BCUT2D eigenvalue weighted by atomic mass is 16.3. The van der Waals surface area contributed by atoms with Gasteiger partial charge in [0, 0.05) is 20.5 Å². The van der Waals surface area contributed by atoms with E-state index in [4.69, 9.17) is 0 Å². The van der Waals surface area contributed by atoms with Gasteiger partial charge in [-0.05, 0) is 0 Å². The van der Waals surface area contributed by atoms with Gasteiger partial charge in [-0.25, -0.2) is 4.98 Å². The van der Waals surface area contributed by atoms with Gasteiger partial charge in [0.25, 0.3) is 0 Å². The number of hydrogen-bond donors (Lipinski definition) is 3. The maximum Gasteiger partial charge on any atom is 0.216 e. The zero-order chi connectivity index (χ0) is 11.4. The molecule has 1 aromatic heterocycles. The number of aryl methyl sites for hydroxylation is 1. The summed E-state index contributed by atoms with van der Waals surface area (Å²) in [6.07, 6.45) is 0.916. The third kappa shape index (κ3) is 3.03. The highest BCUT2D eigenvalue weighted by molar-refractivity contribution is 5.72. The normalized spacial score (nSPS) is 14.7. The van der Waals surface area contributed by atoms with E-state index in [2.05, 4.69) is 10.3 Å². The molecular formula is C9H15N3O3. The first-order valence-corrected chi connectivity index (χ1v) is 4.59. The number of rotatable bonds is 4. The Labute approximate surface area is 87.6 Å². The van der Waals surface area contributed by atoms with Gasteiger partial charge in [-0.3, -0.25) is 4.79 Å². The molecule has 0 aliphatic rings. The van der Waals surface area contributed by atoms with Crippen LogP contribution in [0.25, 0.3) is 0 Å². The molecule has 0 aliphatic carbocycles. The number of hydrogen-bond acceptors (Lipinski definition) is 4. The molecule has 1 aromatic rings. The van der Waals surface area contributed by atoms with Crippen LogP contribution in [0.1, 0.15) is 18.7 Å². The smallest absolute Gasteiger partial charge is 0.216 e. The fraction of sp³-hybridized carbons (Fsp3) is 0.556. The maximum absolute atomic E-state index is 10.6. The van der Waals surface area contributed by atoms with Gasteiger partial charge in [-0.2, -0.15) is 0 Å². The average molecular weight is 213 g/mol. The lowest BCUT2D eigenvalue weighted by Crippen LogP contribution is -2.34. The highest BCUT2D eigenvalue weighted by Crippen LogP contribution is 2.14. The van der Waals surface area contributed by atoms with E-state index in [1.807, 2.05) is 0 Å². The van der Waals surface area contributed by atoms with Gasteiger partial charge in [0.1, 0.15) is 12.2 Å². The van der Waals surface area contributed by atoms with Gasteiger partial charge in [-0.1, -0.05) is 0 Å². The van der Waals surface area contributed by atoms with E-state index in [9.17, 15) is 15.0 Å². The number of amides is 1. The largest absolute Gasteiger partial charge is 0.388 e. The summed E-state index contributed by atoms with van der Waals surface area (Å²) in [7, 11) is 1.72. The summed E-state index contributed by atoms with van der Waals surface area (Å²) in [5, 5.41) is 21.7. The Morgan fingerprint density at radius 3 is 2.80 bits per heavy atom. The fourth-order valence-electron chi connectivity index (χ4n) is 1.21. The number of nitrogens with zero attached hydrogens (tertiary/aromatic N) is 2. The number of aliphatic hydroxyl groups is 2. The molecule has 1 amide bonds. The molecule has 1 rings (SSSR count). The Morgan fingerprint density at radius 1 is 1.67 bits per heavy atom. The third-order valence-electron chi connectivity index (χ3n) is 2.08. The molecule has 0 fully saturated rings. The van der Waals surface area contributed by atoms with E-state index in [-0.39, 0.29) is 12.5 Å². The van der Waals surface area contributed by atoms with Crippen molar-refractivity contribution < 1.29 is 15.0 Å². The van der Waals surface area contributed by atoms with Crippen LogP contribution in [0.15, 0.2) is 12.5 Å². The van der Waals surface area contributed by atoms with Crippen LogP contribution in [0.3, 0.4) is 0 Å². The second kappa shape index (κ2) is 4.90. The van der Waals surface area contributed by atoms with Crippen molar-refractivity contribution in [2.75, 3.05) is 6.54 Å². The average Bonchev–Trinajstić information content (AvgIpc) is 2.59. The van der Waals surface area contributed by atoms with E-state index >= 15 is 0 Å². The van der Waals surface area contributed by atoms with E-state index in [0.29, 0.717) is 5.69 Å². The lowest BCUT2D eigenvalue weighted by atomic mass is 10.1. The first kappa shape index (κ1) is 11.7. The van der Waals surface area contributed by atoms with Gasteiger partial charge in [-0.15, -0.1) is 0 Å². The molecule has 6 nitrogen and oxygen atoms in total. The maximum atomic E-state index is 10.6. The first-order chi connectivity index (χ1) is 7.02.